The molecule has 0 bridgehead atoms. The van der Waals surface area contributed by atoms with E-state index in [0.29, 0.717) is 16.5 Å². The number of nitrogens with zero attached hydrogens (tertiary/aromatic N) is 2. The number of hydrogen-bond acceptors (Lipinski definition) is 3. The van der Waals surface area contributed by atoms with Crippen LogP contribution in [0.25, 0.3) is 11.3 Å². The quantitative estimate of drug-likeness (QED) is 0.943. The number of rotatable bonds is 4. The van der Waals surface area contributed by atoms with Crippen molar-refractivity contribution in [2.24, 2.45) is 7.05 Å². The third-order valence-electron chi connectivity index (χ3n) is 2.66. The van der Waals surface area contributed by atoms with Gasteiger partial charge in [0.15, 0.2) is 0 Å². The molecule has 7 heteroatoms. The number of hydrogen-bond donors (Lipinski definition) is 1. The normalized spacial score (nSPS) is 11.5. The predicted molar refractivity (Wildman–Crippen MR) is 76.7 cm³/mol. The number of halogens is 1. The van der Waals surface area contributed by atoms with Gasteiger partial charge in [-0.2, -0.15) is 5.10 Å². The molecule has 1 aromatic carbocycles. The van der Waals surface area contributed by atoms with Crippen molar-refractivity contribution in [3.8, 4) is 11.3 Å². The Hall–Kier alpha value is -1.53. The molecule has 0 radical (unpaired) electrons. The minimum atomic E-state index is -3.30. The van der Waals surface area contributed by atoms with Crippen LogP contribution in [0.4, 0.5) is 5.82 Å². The summed E-state index contributed by atoms with van der Waals surface area (Å²) in [7, 11) is -1.62. The number of nitrogens with one attached hydrogen (secondary N) is 1. The van der Waals surface area contributed by atoms with Crippen molar-refractivity contribution in [2.75, 3.05) is 10.5 Å². The number of sulfonamides is 1. The first-order chi connectivity index (χ1) is 8.91. The Morgan fingerprint density at radius 2 is 1.95 bits per heavy atom. The summed E-state index contributed by atoms with van der Waals surface area (Å²) in [6, 6.07) is 8.89. The van der Waals surface area contributed by atoms with Crippen molar-refractivity contribution < 1.29 is 8.42 Å². The van der Waals surface area contributed by atoms with Gasteiger partial charge in [0.25, 0.3) is 0 Å². The van der Waals surface area contributed by atoms with E-state index in [1.807, 2.05) is 12.1 Å². The highest BCUT2D eigenvalue weighted by molar-refractivity contribution is 7.92. The zero-order valence-corrected chi connectivity index (χ0v) is 12.2. The summed E-state index contributed by atoms with van der Waals surface area (Å²) < 4.78 is 27.1. The first-order valence-corrected chi connectivity index (χ1v) is 7.75. The molecule has 0 spiro atoms. The minimum absolute atomic E-state index is 0.0223. The van der Waals surface area contributed by atoms with Crippen LogP contribution < -0.4 is 4.72 Å². The molecule has 1 heterocycles. The number of aryl methyl sites for hydroxylation is 1. The molecule has 0 aliphatic rings. The molecule has 0 aliphatic carbocycles. The highest BCUT2D eigenvalue weighted by Crippen LogP contribution is 2.23. The summed E-state index contributed by atoms with van der Waals surface area (Å²) in [4.78, 5) is 0. The van der Waals surface area contributed by atoms with Gasteiger partial charge in [-0.15, -0.1) is 0 Å². The van der Waals surface area contributed by atoms with Crippen molar-refractivity contribution in [3.63, 3.8) is 0 Å². The second kappa shape index (κ2) is 5.22. The molecule has 19 heavy (non-hydrogen) atoms. The maximum atomic E-state index is 11.5. The lowest BCUT2D eigenvalue weighted by atomic mass is 10.1. The van der Waals surface area contributed by atoms with E-state index in [-0.39, 0.29) is 5.75 Å². The fraction of sp³-hybridized carbons (Fsp3) is 0.250. The van der Waals surface area contributed by atoms with Gasteiger partial charge in [0.2, 0.25) is 10.0 Å². The van der Waals surface area contributed by atoms with Crippen molar-refractivity contribution >= 4 is 27.4 Å². The molecule has 2 rings (SSSR count). The van der Waals surface area contributed by atoms with Gasteiger partial charge in [-0.25, -0.2) is 8.42 Å². The van der Waals surface area contributed by atoms with E-state index in [9.17, 15) is 8.42 Å². The molecule has 5 nitrogen and oxygen atoms in total. The average Bonchev–Trinajstić information content (AvgIpc) is 2.71. The van der Waals surface area contributed by atoms with Gasteiger partial charge in [-0.05, 0) is 19.1 Å². The van der Waals surface area contributed by atoms with Crippen LogP contribution in [0, 0.1) is 0 Å². The van der Waals surface area contributed by atoms with Crippen LogP contribution in [0.2, 0.25) is 5.02 Å². The van der Waals surface area contributed by atoms with Crippen molar-refractivity contribution in [1.82, 2.24) is 9.78 Å². The molecule has 1 N–H and O–H groups in total. The molecule has 0 unspecified atom stereocenters. The van der Waals surface area contributed by atoms with Crippen LogP contribution in [0.15, 0.2) is 30.3 Å². The van der Waals surface area contributed by atoms with Gasteiger partial charge in [0, 0.05) is 23.7 Å². The Kier molecular flexibility index (Phi) is 3.82. The lowest BCUT2D eigenvalue weighted by Gasteiger charge is -2.04. The molecular weight excluding hydrogens is 286 g/mol. The molecule has 102 valence electrons. The van der Waals surface area contributed by atoms with E-state index >= 15 is 0 Å². The molecule has 1 aromatic heterocycles. The van der Waals surface area contributed by atoms with Crippen LogP contribution in [0.1, 0.15) is 6.92 Å². The first-order valence-electron chi connectivity index (χ1n) is 5.72. The molecule has 2 aromatic rings. The maximum Gasteiger partial charge on any atom is 0.233 e. The SMILES string of the molecule is CCS(=O)(=O)Nc1cc(-c2ccc(Cl)cc2)nn1C. The second-order valence-electron chi connectivity index (χ2n) is 4.05. The molecule has 0 fully saturated rings. The summed E-state index contributed by atoms with van der Waals surface area (Å²) in [6.45, 7) is 1.58. The van der Waals surface area contributed by atoms with Gasteiger partial charge < -0.3 is 0 Å². The summed E-state index contributed by atoms with van der Waals surface area (Å²) in [5.74, 6) is 0.459. The summed E-state index contributed by atoms with van der Waals surface area (Å²) in [5, 5.41) is 4.92. The third-order valence-corrected chi connectivity index (χ3v) is 4.19. The van der Waals surface area contributed by atoms with E-state index in [4.69, 9.17) is 11.6 Å². The molecule has 0 aliphatic heterocycles. The van der Waals surface area contributed by atoms with Gasteiger partial charge in [0.1, 0.15) is 5.82 Å². The monoisotopic (exact) mass is 299 g/mol. The first kappa shape index (κ1) is 13.9. The third kappa shape index (κ3) is 3.27. The van der Waals surface area contributed by atoms with Gasteiger partial charge in [-0.1, -0.05) is 23.7 Å². The Bertz CT molecular complexity index is 678. The molecule has 0 saturated heterocycles. The summed E-state index contributed by atoms with van der Waals surface area (Å²) >= 11 is 5.82. The van der Waals surface area contributed by atoms with Crippen molar-refractivity contribution in [3.05, 3.63) is 35.4 Å². The topological polar surface area (TPSA) is 64.0 Å². The van der Waals surface area contributed by atoms with Gasteiger partial charge >= 0.3 is 0 Å². The fourth-order valence-corrected chi connectivity index (χ4v) is 2.34. The zero-order valence-electron chi connectivity index (χ0n) is 10.6. The average molecular weight is 300 g/mol. The lowest BCUT2D eigenvalue weighted by Crippen LogP contribution is -2.16. The Balaban J connectivity index is 2.33. The number of aromatic nitrogens is 2. The van der Waals surface area contributed by atoms with E-state index in [1.54, 1.807) is 32.2 Å². The van der Waals surface area contributed by atoms with Crippen LogP contribution >= 0.6 is 11.6 Å². The Labute approximate surface area is 117 Å². The van der Waals surface area contributed by atoms with Crippen LogP contribution in [0.3, 0.4) is 0 Å². The van der Waals surface area contributed by atoms with Crippen molar-refractivity contribution in [1.29, 1.82) is 0 Å². The molecule has 0 atom stereocenters. The standard InChI is InChI=1S/C12H14ClN3O2S/c1-3-19(17,18)15-12-8-11(14-16(12)2)9-4-6-10(13)7-5-9/h4-8,15H,3H2,1-2H3. The highest BCUT2D eigenvalue weighted by Gasteiger charge is 2.12. The van der Waals surface area contributed by atoms with Crippen LogP contribution in [-0.2, 0) is 17.1 Å². The Morgan fingerprint density at radius 1 is 1.32 bits per heavy atom. The maximum absolute atomic E-state index is 11.5. The van der Waals surface area contributed by atoms with E-state index in [1.165, 1.54) is 4.68 Å². The van der Waals surface area contributed by atoms with E-state index in [0.717, 1.165) is 5.56 Å². The number of benzene rings is 1. The summed E-state index contributed by atoms with van der Waals surface area (Å²) in [6.07, 6.45) is 0. The lowest BCUT2D eigenvalue weighted by molar-refractivity contribution is 0.601. The van der Waals surface area contributed by atoms with Crippen LogP contribution in [0.5, 0.6) is 0 Å². The molecule has 0 saturated carbocycles. The summed E-state index contributed by atoms with van der Waals surface area (Å²) in [5.41, 5.74) is 1.56. The fourth-order valence-electron chi connectivity index (χ4n) is 1.56. The Morgan fingerprint density at radius 3 is 2.53 bits per heavy atom. The smallest absolute Gasteiger partial charge is 0.233 e. The molecule has 0 amide bonds. The largest absolute Gasteiger partial charge is 0.268 e. The van der Waals surface area contributed by atoms with E-state index < -0.39 is 10.0 Å². The second-order valence-corrected chi connectivity index (χ2v) is 6.50. The predicted octanol–water partition coefficient (Wildman–Crippen LogP) is 2.50. The van der Waals surface area contributed by atoms with Crippen molar-refractivity contribution in [2.45, 2.75) is 6.92 Å². The minimum Gasteiger partial charge on any atom is -0.268 e. The van der Waals surface area contributed by atoms with Gasteiger partial charge in [0.05, 0.1) is 11.4 Å². The highest BCUT2D eigenvalue weighted by atomic mass is 35.5. The number of anilines is 1. The van der Waals surface area contributed by atoms with Crippen LogP contribution in [-0.4, -0.2) is 24.0 Å². The zero-order chi connectivity index (χ0) is 14.0. The molecular formula is C12H14ClN3O2S. The van der Waals surface area contributed by atoms with Gasteiger partial charge in [-0.3, -0.25) is 9.40 Å². The van der Waals surface area contributed by atoms with E-state index in [2.05, 4.69) is 9.82 Å².